The van der Waals surface area contributed by atoms with Gasteiger partial charge < -0.3 is 10.6 Å². The molecule has 1 atom stereocenters. The lowest BCUT2D eigenvalue weighted by atomic mass is 10.2. The van der Waals surface area contributed by atoms with Gasteiger partial charge in [-0.25, -0.2) is 0 Å². The van der Waals surface area contributed by atoms with Crippen LogP contribution in [0.4, 0.5) is 0 Å². The van der Waals surface area contributed by atoms with E-state index in [-0.39, 0.29) is 0 Å². The number of hydrogen-bond acceptors (Lipinski definition) is 3. The van der Waals surface area contributed by atoms with Gasteiger partial charge in [0, 0.05) is 25.6 Å². The normalized spacial score (nSPS) is 29.5. The van der Waals surface area contributed by atoms with Crippen molar-refractivity contribution in [2.24, 2.45) is 4.99 Å². The molecule has 0 aromatic heterocycles. The van der Waals surface area contributed by atoms with Crippen LogP contribution in [0.1, 0.15) is 32.1 Å². The molecule has 0 saturated carbocycles. The van der Waals surface area contributed by atoms with Gasteiger partial charge in [-0.05, 0) is 25.8 Å². The van der Waals surface area contributed by atoms with Crippen LogP contribution in [0.3, 0.4) is 0 Å². The van der Waals surface area contributed by atoms with E-state index in [4.69, 9.17) is 0 Å². The summed E-state index contributed by atoms with van der Waals surface area (Å²) in [5, 5.41) is 6.91. The number of rotatable bonds is 1. The zero-order chi connectivity index (χ0) is 8.93. The monoisotopic (exact) mass is 181 g/mol. The van der Waals surface area contributed by atoms with Crippen molar-refractivity contribution in [1.82, 2.24) is 10.6 Å². The van der Waals surface area contributed by atoms with E-state index < -0.39 is 0 Å². The third kappa shape index (κ3) is 2.69. The van der Waals surface area contributed by atoms with E-state index in [1.807, 2.05) is 0 Å². The quantitative estimate of drug-likeness (QED) is 0.631. The van der Waals surface area contributed by atoms with Crippen molar-refractivity contribution in [3.05, 3.63) is 0 Å². The highest BCUT2D eigenvalue weighted by atomic mass is 15.1. The lowest BCUT2D eigenvalue weighted by Gasteiger charge is -2.13. The first kappa shape index (κ1) is 9.00. The molecule has 0 aromatic carbocycles. The van der Waals surface area contributed by atoms with E-state index in [1.165, 1.54) is 31.5 Å². The zero-order valence-corrected chi connectivity index (χ0v) is 8.18. The highest BCUT2D eigenvalue weighted by Crippen LogP contribution is 2.07. The number of amidine groups is 1. The van der Waals surface area contributed by atoms with Crippen molar-refractivity contribution in [1.29, 1.82) is 0 Å². The summed E-state index contributed by atoms with van der Waals surface area (Å²) < 4.78 is 0. The Morgan fingerprint density at radius 1 is 1.31 bits per heavy atom. The molecular formula is C10H19N3. The van der Waals surface area contributed by atoms with Gasteiger partial charge in [0.2, 0.25) is 0 Å². The van der Waals surface area contributed by atoms with Crippen LogP contribution < -0.4 is 10.6 Å². The number of nitrogens with zero attached hydrogens (tertiary/aromatic N) is 1. The Hall–Kier alpha value is -0.570. The standard InChI is InChI=1S/C10H19N3/c1-2-4-10(12-6-3-1)13-9-5-7-11-8-9/h9,11H,1-8H2,(H,12,13). The molecule has 2 aliphatic rings. The molecule has 1 fully saturated rings. The summed E-state index contributed by atoms with van der Waals surface area (Å²) in [6.45, 7) is 3.30. The summed E-state index contributed by atoms with van der Waals surface area (Å²) in [7, 11) is 0. The SMILES string of the molecule is C1CCN=C(NC2CCNC2)CC1. The van der Waals surface area contributed by atoms with E-state index in [9.17, 15) is 0 Å². The Balaban J connectivity index is 1.81. The third-order valence-electron chi connectivity index (χ3n) is 2.81. The van der Waals surface area contributed by atoms with Crippen LogP contribution in [0.5, 0.6) is 0 Å². The lowest BCUT2D eigenvalue weighted by Crippen LogP contribution is -2.36. The molecule has 0 amide bonds. The van der Waals surface area contributed by atoms with E-state index in [0.29, 0.717) is 6.04 Å². The Morgan fingerprint density at radius 2 is 2.31 bits per heavy atom. The molecule has 1 saturated heterocycles. The number of nitrogens with one attached hydrogen (secondary N) is 2. The van der Waals surface area contributed by atoms with E-state index in [1.54, 1.807) is 0 Å². The maximum absolute atomic E-state index is 4.56. The summed E-state index contributed by atoms with van der Waals surface area (Å²) in [5.74, 6) is 1.26. The topological polar surface area (TPSA) is 36.4 Å². The molecule has 1 unspecified atom stereocenters. The predicted molar refractivity (Wildman–Crippen MR) is 55.2 cm³/mol. The molecule has 0 aliphatic carbocycles. The van der Waals surface area contributed by atoms with Crippen LogP contribution in [-0.2, 0) is 0 Å². The van der Waals surface area contributed by atoms with E-state index in [0.717, 1.165) is 26.1 Å². The zero-order valence-electron chi connectivity index (χ0n) is 8.18. The van der Waals surface area contributed by atoms with Gasteiger partial charge in [-0.2, -0.15) is 0 Å². The van der Waals surface area contributed by atoms with Gasteiger partial charge in [-0.3, -0.25) is 4.99 Å². The number of aliphatic imine (C=N–C) groups is 1. The van der Waals surface area contributed by atoms with Crippen molar-refractivity contribution in [3.63, 3.8) is 0 Å². The summed E-state index contributed by atoms with van der Waals surface area (Å²) in [6.07, 6.45) is 6.34. The molecule has 0 aromatic rings. The fourth-order valence-corrected chi connectivity index (χ4v) is 2.01. The molecular weight excluding hydrogens is 162 g/mol. The average molecular weight is 181 g/mol. The predicted octanol–water partition coefficient (Wildman–Crippen LogP) is 0.910. The molecule has 2 rings (SSSR count). The van der Waals surface area contributed by atoms with Crippen LogP contribution >= 0.6 is 0 Å². The highest BCUT2D eigenvalue weighted by Gasteiger charge is 2.15. The molecule has 3 nitrogen and oxygen atoms in total. The molecule has 2 aliphatic heterocycles. The van der Waals surface area contributed by atoms with Crippen LogP contribution in [0.2, 0.25) is 0 Å². The van der Waals surface area contributed by atoms with Crippen LogP contribution in [0, 0.1) is 0 Å². The molecule has 0 spiro atoms. The van der Waals surface area contributed by atoms with Crippen LogP contribution in [0.25, 0.3) is 0 Å². The van der Waals surface area contributed by atoms with Crippen molar-refractivity contribution in [3.8, 4) is 0 Å². The summed E-state index contributed by atoms with van der Waals surface area (Å²) in [6, 6.07) is 0.636. The maximum Gasteiger partial charge on any atom is 0.0965 e. The van der Waals surface area contributed by atoms with Crippen molar-refractivity contribution in [2.45, 2.75) is 38.1 Å². The van der Waals surface area contributed by atoms with Crippen molar-refractivity contribution < 1.29 is 0 Å². The number of hydrogen-bond donors (Lipinski definition) is 2. The van der Waals surface area contributed by atoms with Gasteiger partial charge in [0.05, 0.1) is 5.84 Å². The second kappa shape index (κ2) is 4.61. The third-order valence-corrected chi connectivity index (χ3v) is 2.81. The maximum atomic E-state index is 4.56. The highest BCUT2D eigenvalue weighted by molar-refractivity contribution is 5.82. The molecule has 2 heterocycles. The van der Waals surface area contributed by atoms with Crippen LogP contribution in [-0.4, -0.2) is 31.5 Å². The molecule has 2 N–H and O–H groups in total. The first-order valence-electron chi connectivity index (χ1n) is 5.46. The molecule has 0 bridgehead atoms. The minimum atomic E-state index is 0.636. The molecule has 3 heteroatoms. The summed E-state index contributed by atoms with van der Waals surface area (Å²) in [5.41, 5.74) is 0. The Bertz CT molecular complexity index is 183. The first-order chi connectivity index (χ1) is 6.45. The fourth-order valence-electron chi connectivity index (χ4n) is 2.01. The van der Waals surface area contributed by atoms with E-state index in [2.05, 4.69) is 15.6 Å². The van der Waals surface area contributed by atoms with Crippen molar-refractivity contribution >= 4 is 5.84 Å². The second-order valence-corrected chi connectivity index (χ2v) is 3.97. The lowest BCUT2D eigenvalue weighted by molar-refractivity contribution is 0.650. The molecule has 0 radical (unpaired) electrons. The Morgan fingerprint density at radius 3 is 3.15 bits per heavy atom. The Labute approximate surface area is 80.0 Å². The smallest absolute Gasteiger partial charge is 0.0965 e. The van der Waals surface area contributed by atoms with Gasteiger partial charge in [-0.1, -0.05) is 6.42 Å². The van der Waals surface area contributed by atoms with Gasteiger partial charge in [0.15, 0.2) is 0 Å². The second-order valence-electron chi connectivity index (χ2n) is 3.97. The van der Waals surface area contributed by atoms with Crippen LogP contribution in [0.15, 0.2) is 4.99 Å². The first-order valence-corrected chi connectivity index (χ1v) is 5.46. The largest absolute Gasteiger partial charge is 0.370 e. The summed E-state index contributed by atoms with van der Waals surface area (Å²) in [4.78, 5) is 4.56. The van der Waals surface area contributed by atoms with Gasteiger partial charge in [0.1, 0.15) is 0 Å². The summed E-state index contributed by atoms with van der Waals surface area (Å²) >= 11 is 0. The minimum Gasteiger partial charge on any atom is -0.370 e. The molecule has 13 heavy (non-hydrogen) atoms. The van der Waals surface area contributed by atoms with Gasteiger partial charge in [0.25, 0.3) is 0 Å². The van der Waals surface area contributed by atoms with Gasteiger partial charge in [-0.15, -0.1) is 0 Å². The average Bonchev–Trinajstić information content (AvgIpc) is 2.49. The Kier molecular flexibility index (Phi) is 3.19. The van der Waals surface area contributed by atoms with Gasteiger partial charge >= 0.3 is 0 Å². The minimum absolute atomic E-state index is 0.636. The van der Waals surface area contributed by atoms with E-state index >= 15 is 0 Å². The molecule has 74 valence electrons. The fraction of sp³-hybridized carbons (Fsp3) is 0.900. The van der Waals surface area contributed by atoms with Crippen molar-refractivity contribution in [2.75, 3.05) is 19.6 Å².